The lowest BCUT2D eigenvalue weighted by atomic mass is 9.87. The number of anilines is 2. The van der Waals surface area contributed by atoms with E-state index in [-0.39, 0.29) is 5.60 Å². The summed E-state index contributed by atoms with van der Waals surface area (Å²) in [5.74, 6) is 0.761. The molecular weight excluding hydrogens is 320 g/mol. The largest absolute Gasteiger partial charge is 0.481 e. The average molecular weight is 341 g/mol. The summed E-state index contributed by atoms with van der Waals surface area (Å²) in [4.78, 5) is 2.43. The van der Waals surface area contributed by atoms with E-state index in [2.05, 4.69) is 48.2 Å². The third-order valence-corrected chi connectivity index (χ3v) is 5.22. The molecule has 124 valence electrons. The summed E-state index contributed by atoms with van der Waals surface area (Å²) in [6, 6.07) is 12.3. The van der Waals surface area contributed by atoms with Crippen LogP contribution in [0.15, 0.2) is 42.5 Å². The molecule has 1 saturated heterocycles. The maximum absolute atomic E-state index is 6.35. The SMILES string of the molecule is Cc1cccc(N2CCC3(C=Cc4cc(N)cc(Cl)c4O3)CC2)c1. The highest BCUT2D eigenvalue weighted by Gasteiger charge is 2.37. The molecule has 4 heteroatoms. The van der Waals surface area contributed by atoms with E-state index < -0.39 is 0 Å². The molecule has 24 heavy (non-hydrogen) atoms. The van der Waals surface area contributed by atoms with Gasteiger partial charge in [0.1, 0.15) is 11.4 Å². The molecule has 1 spiro atoms. The number of fused-ring (bicyclic) bond motifs is 1. The lowest BCUT2D eigenvalue weighted by molar-refractivity contribution is 0.0894. The van der Waals surface area contributed by atoms with Crippen molar-refractivity contribution in [2.24, 2.45) is 0 Å². The number of nitrogens with zero attached hydrogens (tertiary/aromatic N) is 1. The van der Waals surface area contributed by atoms with Crippen LogP contribution in [0.25, 0.3) is 6.08 Å². The molecule has 2 N–H and O–H groups in total. The number of aryl methyl sites for hydroxylation is 1. The van der Waals surface area contributed by atoms with Gasteiger partial charge in [-0.15, -0.1) is 0 Å². The third kappa shape index (κ3) is 2.73. The van der Waals surface area contributed by atoms with Gasteiger partial charge < -0.3 is 15.4 Å². The van der Waals surface area contributed by atoms with E-state index >= 15 is 0 Å². The van der Waals surface area contributed by atoms with Crippen LogP contribution < -0.4 is 15.4 Å². The molecule has 0 unspecified atom stereocenters. The highest BCUT2D eigenvalue weighted by atomic mass is 35.5. The number of halogens is 1. The van der Waals surface area contributed by atoms with Crippen LogP contribution in [0.3, 0.4) is 0 Å². The lowest BCUT2D eigenvalue weighted by Crippen LogP contribution is -2.47. The second-order valence-corrected chi connectivity index (χ2v) is 7.15. The first-order valence-electron chi connectivity index (χ1n) is 8.34. The maximum Gasteiger partial charge on any atom is 0.146 e. The van der Waals surface area contributed by atoms with Gasteiger partial charge in [0.25, 0.3) is 0 Å². The standard InChI is InChI=1S/C20H21ClN2O/c1-14-3-2-4-17(11-14)23-9-7-20(8-10-23)6-5-15-12-16(22)13-18(21)19(15)24-20/h2-6,11-13H,7-10,22H2,1H3. The summed E-state index contributed by atoms with van der Waals surface area (Å²) in [5, 5.41) is 0.592. The molecule has 0 aromatic heterocycles. The first-order chi connectivity index (χ1) is 11.5. The number of benzene rings is 2. The number of hydrogen-bond donors (Lipinski definition) is 1. The van der Waals surface area contributed by atoms with E-state index in [1.165, 1.54) is 11.3 Å². The number of nitrogens with two attached hydrogens (primary N) is 1. The minimum atomic E-state index is -0.257. The number of piperidine rings is 1. The van der Waals surface area contributed by atoms with Gasteiger partial charge in [0.15, 0.2) is 0 Å². The fourth-order valence-electron chi connectivity index (χ4n) is 3.58. The second kappa shape index (κ2) is 5.75. The molecule has 2 aliphatic rings. The number of rotatable bonds is 1. The van der Waals surface area contributed by atoms with Gasteiger partial charge in [-0.25, -0.2) is 0 Å². The Bertz CT molecular complexity index is 807. The molecule has 1 fully saturated rings. The monoisotopic (exact) mass is 340 g/mol. The zero-order chi connectivity index (χ0) is 16.7. The fourth-order valence-corrected chi connectivity index (χ4v) is 3.86. The quantitative estimate of drug-likeness (QED) is 0.766. The van der Waals surface area contributed by atoms with E-state index in [0.717, 1.165) is 37.2 Å². The van der Waals surface area contributed by atoms with E-state index in [1.54, 1.807) is 6.07 Å². The normalized spacial score (nSPS) is 18.3. The van der Waals surface area contributed by atoms with Crippen LogP contribution in [0, 0.1) is 6.92 Å². The van der Waals surface area contributed by atoms with Gasteiger partial charge in [0.2, 0.25) is 0 Å². The average Bonchev–Trinajstić information content (AvgIpc) is 2.56. The molecule has 2 aliphatic heterocycles. The van der Waals surface area contributed by atoms with E-state index in [1.807, 2.05) is 6.07 Å². The first kappa shape index (κ1) is 15.4. The van der Waals surface area contributed by atoms with E-state index in [4.69, 9.17) is 22.1 Å². The Labute approximate surface area is 147 Å². The van der Waals surface area contributed by atoms with Crippen LogP contribution >= 0.6 is 11.6 Å². The molecule has 0 bridgehead atoms. The summed E-state index contributed by atoms with van der Waals surface area (Å²) in [5.41, 5.74) is 9.82. The predicted octanol–water partition coefficient (Wildman–Crippen LogP) is 4.68. The predicted molar refractivity (Wildman–Crippen MR) is 101 cm³/mol. The van der Waals surface area contributed by atoms with E-state index in [9.17, 15) is 0 Å². The van der Waals surface area contributed by atoms with Crippen molar-refractivity contribution in [2.45, 2.75) is 25.4 Å². The molecule has 2 heterocycles. The van der Waals surface area contributed by atoms with Crippen LogP contribution in [0.4, 0.5) is 11.4 Å². The van der Waals surface area contributed by atoms with Crippen LogP contribution in [-0.4, -0.2) is 18.7 Å². The molecule has 2 aromatic carbocycles. The molecule has 2 aromatic rings. The summed E-state index contributed by atoms with van der Waals surface area (Å²) in [6.45, 7) is 4.07. The minimum Gasteiger partial charge on any atom is -0.481 e. The van der Waals surface area contributed by atoms with Crippen molar-refractivity contribution < 1.29 is 4.74 Å². The van der Waals surface area contributed by atoms with Gasteiger partial charge in [-0.05, 0) is 42.8 Å². The number of ether oxygens (including phenoxy) is 1. The molecular formula is C20H21ClN2O. The van der Waals surface area contributed by atoms with Crippen molar-refractivity contribution in [1.29, 1.82) is 0 Å². The van der Waals surface area contributed by atoms with Gasteiger partial charge >= 0.3 is 0 Å². The Balaban J connectivity index is 1.54. The molecule has 0 amide bonds. The topological polar surface area (TPSA) is 38.5 Å². The smallest absolute Gasteiger partial charge is 0.146 e. The second-order valence-electron chi connectivity index (χ2n) is 6.75. The number of hydrogen-bond acceptors (Lipinski definition) is 3. The zero-order valence-electron chi connectivity index (χ0n) is 13.8. The third-order valence-electron chi connectivity index (χ3n) is 4.94. The van der Waals surface area contributed by atoms with Crippen molar-refractivity contribution in [3.8, 4) is 5.75 Å². The Kier molecular flexibility index (Phi) is 3.69. The highest BCUT2D eigenvalue weighted by Crippen LogP contribution is 2.42. The van der Waals surface area contributed by atoms with Gasteiger partial charge in [-0.2, -0.15) is 0 Å². The Morgan fingerprint density at radius 2 is 1.96 bits per heavy atom. The van der Waals surface area contributed by atoms with Gasteiger partial charge in [0.05, 0.1) is 5.02 Å². The zero-order valence-corrected chi connectivity index (χ0v) is 14.5. The molecule has 0 aliphatic carbocycles. The summed E-state index contributed by atoms with van der Waals surface area (Å²) in [7, 11) is 0. The van der Waals surface area contributed by atoms with Crippen LogP contribution in [0.2, 0.25) is 5.02 Å². The molecule has 0 atom stereocenters. The maximum atomic E-state index is 6.35. The Morgan fingerprint density at radius 3 is 2.71 bits per heavy atom. The summed E-state index contributed by atoms with van der Waals surface area (Å²) in [6.07, 6.45) is 6.16. The van der Waals surface area contributed by atoms with Gasteiger partial charge in [-0.3, -0.25) is 0 Å². The Morgan fingerprint density at radius 1 is 1.17 bits per heavy atom. The van der Waals surface area contributed by atoms with Gasteiger partial charge in [0, 0.05) is 42.9 Å². The van der Waals surface area contributed by atoms with Crippen molar-refractivity contribution in [1.82, 2.24) is 0 Å². The minimum absolute atomic E-state index is 0.257. The van der Waals surface area contributed by atoms with Crippen molar-refractivity contribution in [2.75, 3.05) is 23.7 Å². The molecule has 0 saturated carbocycles. The molecule has 4 rings (SSSR count). The van der Waals surface area contributed by atoms with Crippen LogP contribution in [0.1, 0.15) is 24.0 Å². The van der Waals surface area contributed by atoms with Crippen molar-refractivity contribution >= 4 is 29.1 Å². The van der Waals surface area contributed by atoms with Crippen LogP contribution in [-0.2, 0) is 0 Å². The fraction of sp³-hybridized carbons (Fsp3) is 0.300. The van der Waals surface area contributed by atoms with Crippen molar-refractivity contribution in [3.63, 3.8) is 0 Å². The lowest BCUT2D eigenvalue weighted by Gasteiger charge is -2.43. The van der Waals surface area contributed by atoms with Gasteiger partial charge in [-0.1, -0.05) is 29.8 Å². The Hall–Kier alpha value is -2.13. The van der Waals surface area contributed by atoms with Crippen molar-refractivity contribution in [3.05, 3.63) is 58.6 Å². The highest BCUT2D eigenvalue weighted by molar-refractivity contribution is 6.32. The molecule has 0 radical (unpaired) electrons. The van der Waals surface area contributed by atoms with E-state index in [0.29, 0.717) is 10.7 Å². The summed E-state index contributed by atoms with van der Waals surface area (Å²) < 4.78 is 6.35. The first-order valence-corrected chi connectivity index (χ1v) is 8.71. The summed E-state index contributed by atoms with van der Waals surface area (Å²) >= 11 is 6.34. The number of nitrogen functional groups attached to an aromatic ring is 1. The van der Waals surface area contributed by atoms with Crippen LogP contribution in [0.5, 0.6) is 5.75 Å². The molecule has 3 nitrogen and oxygen atoms in total.